The molecule has 0 spiro atoms. The first-order chi connectivity index (χ1) is 12.6. The van der Waals surface area contributed by atoms with Gasteiger partial charge in [-0.25, -0.2) is 0 Å². The minimum absolute atomic E-state index is 0.00310. The number of carbonyl (C=O) groups excluding carboxylic acids is 2. The van der Waals surface area contributed by atoms with Gasteiger partial charge in [-0.3, -0.25) is 9.59 Å². The van der Waals surface area contributed by atoms with E-state index in [2.05, 4.69) is 32.9 Å². The van der Waals surface area contributed by atoms with E-state index >= 15 is 0 Å². The molecule has 1 heterocycles. The van der Waals surface area contributed by atoms with Crippen LogP contribution in [0.5, 0.6) is 5.75 Å². The van der Waals surface area contributed by atoms with E-state index in [1.807, 2.05) is 29.7 Å². The fourth-order valence-corrected chi connectivity index (χ4v) is 3.41. The third-order valence-corrected chi connectivity index (χ3v) is 5.14. The largest absolute Gasteiger partial charge is 0.496 e. The van der Waals surface area contributed by atoms with Gasteiger partial charge in [-0.1, -0.05) is 46.8 Å². The summed E-state index contributed by atoms with van der Waals surface area (Å²) in [5.41, 5.74) is 2.13. The Morgan fingerprint density at radius 3 is 2.30 bits per heavy atom. The lowest BCUT2D eigenvalue weighted by Gasteiger charge is -2.24. The van der Waals surface area contributed by atoms with Crippen LogP contribution in [0.2, 0.25) is 0 Å². The van der Waals surface area contributed by atoms with Gasteiger partial charge in [0.1, 0.15) is 5.75 Å². The van der Waals surface area contributed by atoms with Crippen molar-refractivity contribution in [3.8, 4) is 5.75 Å². The SMILES string of the molecule is COc1ccc(C(C)(C)C)cc1CC(=O)N1CCCN(C(=O)C(C)C)CC1. The third kappa shape index (κ3) is 5.47. The van der Waals surface area contributed by atoms with Crippen LogP contribution in [0.1, 0.15) is 52.2 Å². The summed E-state index contributed by atoms with van der Waals surface area (Å²) >= 11 is 0. The molecular formula is C22H34N2O3. The number of hydrogen-bond donors (Lipinski definition) is 0. The Kier molecular flexibility index (Phi) is 6.90. The molecule has 1 aromatic rings. The highest BCUT2D eigenvalue weighted by Crippen LogP contribution is 2.28. The number of ether oxygens (including phenoxy) is 1. The van der Waals surface area contributed by atoms with Crippen molar-refractivity contribution in [3.05, 3.63) is 29.3 Å². The summed E-state index contributed by atoms with van der Waals surface area (Å²) in [6, 6.07) is 6.10. The van der Waals surface area contributed by atoms with Crippen molar-refractivity contribution in [3.63, 3.8) is 0 Å². The summed E-state index contributed by atoms with van der Waals surface area (Å²) in [7, 11) is 1.64. The second-order valence-corrected chi connectivity index (χ2v) is 8.67. The molecule has 0 radical (unpaired) electrons. The summed E-state index contributed by atoms with van der Waals surface area (Å²) in [6.45, 7) is 13.0. The van der Waals surface area contributed by atoms with E-state index in [0.29, 0.717) is 26.1 Å². The molecule has 0 saturated carbocycles. The molecule has 1 aromatic carbocycles. The van der Waals surface area contributed by atoms with Crippen molar-refractivity contribution < 1.29 is 14.3 Å². The van der Waals surface area contributed by atoms with Crippen LogP contribution in [-0.4, -0.2) is 54.9 Å². The predicted molar refractivity (Wildman–Crippen MR) is 108 cm³/mol. The van der Waals surface area contributed by atoms with Gasteiger partial charge in [0.25, 0.3) is 0 Å². The molecule has 0 N–H and O–H groups in total. The molecule has 5 nitrogen and oxygen atoms in total. The van der Waals surface area contributed by atoms with Gasteiger partial charge in [0.15, 0.2) is 0 Å². The van der Waals surface area contributed by atoms with Crippen LogP contribution in [0.15, 0.2) is 18.2 Å². The molecule has 1 fully saturated rings. The molecule has 0 bridgehead atoms. The predicted octanol–water partition coefficient (Wildman–Crippen LogP) is 3.25. The Labute approximate surface area is 163 Å². The van der Waals surface area contributed by atoms with E-state index in [9.17, 15) is 9.59 Å². The molecule has 0 atom stereocenters. The smallest absolute Gasteiger partial charge is 0.227 e. The normalized spacial score (nSPS) is 15.7. The van der Waals surface area contributed by atoms with Crippen LogP contribution in [0.25, 0.3) is 0 Å². The van der Waals surface area contributed by atoms with Crippen molar-refractivity contribution >= 4 is 11.8 Å². The van der Waals surface area contributed by atoms with Crippen molar-refractivity contribution in [1.29, 1.82) is 0 Å². The average Bonchev–Trinajstić information content (AvgIpc) is 2.86. The molecule has 2 amide bonds. The van der Waals surface area contributed by atoms with Gasteiger partial charge in [0, 0.05) is 37.7 Å². The molecule has 0 unspecified atom stereocenters. The molecule has 0 aliphatic carbocycles. The van der Waals surface area contributed by atoms with E-state index in [0.717, 1.165) is 24.3 Å². The second kappa shape index (κ2) is 8.77. The van der Waals surface area contributed by atoms with Crippen molar-refractivity contribution in [2.24, 2.45) is 5.92 Å². The molecule has 150 valence electrons. The van der Waals surface area contributed by atoms with Gasteiger partial charge >= 0.3 is 0 Å². The van der Waals surface area contributed by atoms with E-state index in [4.69, 9.17) is 4.74 Å². The maximum atomic E-state index is 12.9. The molecule has 0 aromatic heterocycles. The minimum atomic E-state index is -0.00310. The Balaban J connectivity index is 2.09. The molecule has 2 rings (SSSR count). The summed E-state index contributed by atoms with van der Waals surface area (Å²) < 4.78 is 5.48. The topological polar surface area (TPSA) is 49.9 Å². The van der Waals surface area contributed by atoms with Gasteiger partial charge in [0.05, 0.1) is 13.5 Å². The molecular weight excluding hydrogens is 340 g/mol. The Bertz CT molecular complexity index is 677. The van der Waals surface area contributed by atoms with Gasteiger partial charge < -0.3 is 14.5 Å². The molecule has 1 saturated heterocycles. The number of nitrogens with zero attached hydrogens (tertiary/aromatic N) is 2. The van der Waals surface area contributed by atoms with Crippen molar-refractivity contribution in [2.75, 3.05) is 33.3 Å². The maximum absolute atomic E-state index is 12.9. The summed E-state index contributed by atoms with van der Waals surface area (Å²) in [5.74, 6) is 1.02. The highest BCUT2D eigenvalue weighted by molar-refractivity contribution is 5.80. The zero-order chi connectivity index (χ0) is 20.2. The van der Waals surface area contributed by atoms with Crippen LogP contribution in [0, 0.1) is 5.92 Å². The lowest BCUT2D eigenvalue weighted by Crippen LogP contribution is -2.39. The molecule has 27 heavy (non-hydrogen) atoms. The maximum Gasteiger partial charge on any atom is 0.227 e. The number of hydrogen-bond acceptors (Lipinski definition) is 3. The molecule has 1 aliphatic heterocycles. The van der Waals surface area contributed by atoms with E-state index in [1.54, 1.807) is 7.11 Å². The lowest BCUT2D eigenvalue weighted by molar-refractivity contribution is -0.135. The zero-order valence-electron chi connectivity index (χ0n) is 17.7. The van der Waals surface area contributed by atoms with E-state index in [-0.39, 0.29) is 23.1 Å². The van der Waals surface area contributed by atoms with Crippen LogP contribution in [0.4, 0.5) is 0 Å². The minimum Gasteiger partial charge on any atom is -0.496 e. The Morgan fingerprint density at radius 2 is 1.70 bits per heavy atom. The van der Waals surface area contributed by atoms with Gasteiger partial charge in [-0.2, -0.15) is 0 Å². The number of carbonyl (C=O) groups is 2. The monoisotopic (exact) mass is 374 g/mol. The average molecular weight is 375 g/mol. The summed E-state index contributed by atoms with van der Waals surface area (Å²) in [5, 5.41) is 0. The van der Waals surface area contributed by atoms with Gasteiger partial charge in [-0.15, -0.1) is 0 Å². The van der Waals surface area contributed by atoms with E-state index < -0.39 is 0 Å². The number of amides is 2. The highest BCUT2D eigenvalue weighted by atomic mass is 16.5. The number of rotatable bonds is 4. The first-order valence-electron chi connectivity index (χ1n) is 9.87. The summed E-state index contributed by atoms with van der Waals surface area (Å²) in [6.07, 6.45) is 1.15. The van der Waals surface area contributed by atoms with E-state index in [1.165, 1.54) is 5.56 Å². The standard InChI is InChI=1S/C22H34N2O3/c1-16(2)21(26)24-11-7-10-23(12-13-24)20(25)15-17-14-18(22(3,4)5)8-9-19(17)27-6/h8-9,14,16H,7,10-13,15H2,1-6H3. The fraction of sp³-hybridized carbons (Fsp3) is 0.636. The lowest BCUT2D eigenvalue weighted by atomic mass is 9.85. The zero-order valence-corrected chi connectivity index (χ0v) is 17.7. The quantitative estimate of drug-likeness (QED) is 0.813. The van der Waals surface area contributed by atoms with Crippen molar-refractivity contribution in [2.45, 2.75) is 52.9 Å². The first kappa shape index (κ1) is 21.3. The fourth-order valence-electron chi connectivity index (χ4n) is 3.41. The van der Waals surface area contributed by atoms with Crippen LogP contribution in [0.3, 0.4) is 0 Å². The molecule has 5 heteroatoms. The van der Waals surface area contributed by atoms with Crippen LogP contribution >= 0.6 is 0 Å². The van der Waals surface area contributed by atoms with Gasteiger partial charge in [-0.05, 0) is 23.5 Å². The first-order valence-corrected chi connectivity index (χ1v) is 9.87. The number of benzene rings is 1. The Hall–Kier alpha value is -2.04. The van der Waals surface area contributed by atoms with Crippen LogP contribution in [-0.2, 0) is 21.4 Å². The molecule has 1 aliphatic rings. The highest BCUT2D eigenvalue weighted by Gasteiger charge is 2.24. The van der Waals surface area contributed by atoms with Crippen molar-refractivity contribution in [1.82, 2.24) is 9.80 Å². The third-order valence-electron chi connectivity index (χ3n) is 5.14. The number of methoxy groups -OCH3 is 1. The second-order valence-electron chi connectivity index (χ2n) is 8.67. The summed E-state index contributed by atoms with van der Waals surface area (Å²) in [4.78, 5) is 28.9. The van der Waals surface area contributed by atoms with Crippen LogP contribution < -0.4 is 4.74 Å². The van der Waals surface area contributed by atoms with Gasteiger partial charge in [0.2, 0.25) is 11.8 Å². The Morgan fingerprint density at radius 1 is 1.07 bits per heavy atom.